The van der Waals surface area contributed by atoms with Crippen LogP contribution in [0.2, 0.25) is 0 Å². The van der Waals surface area contributed by atoms with E-state index in [9.17, 15) is 0 Å². The summed E-state index contributed by atoms with van der Waals surface area (Å²) >= 11 is 0. The van der Waals surface area contributed by atoms with Gasteiger partial charge in [0.25, 0.3) is 0 Å². The number of rotatable bonds is 11. The maximum atomic E-state index is 3.83. The van der Waals surface area contributed by atoms with Crippen molar-refractivity contribution in [2.45, 2.75) is 71.3 Å². The molecular weight excluding hydrogens is 182 g/mol. The summed E-state index contributed by atoms with van der Waals surface area (Å²) < 4.78 is 0. The lowest BCUT2D eigenvalue weighted by atomic mass is 10.0. The Morgan fingerprint density at radius 3 is 2.40 bits per heavy atom. The zero-order valence-corrected chi connectivity index (χ0v) is 10.7. The van der Waals surface area contributed by atoms with Crippen molar-refractivity contribution in [1.29, 1.82) is 0 Å². The summed E-state index contributed by atoms with van der Waals surface area (Å²) in [5.74, 6) is 0. The van der Waals surface area contributed by atoms with Gasteiger partial charge in [0.2, 0.25) is 0 Å². The van der Waals surface area contributed by atoms with Gasteiger partial charge in [0.15, 0.2) is 0 Å². The van der Waals surface area contributed by atoms with Crippen LogP contribution in [0, 0.1) is 0 Å². The second-order valence-electron chi connectivity index (χ2n) is 4.38. The molecule has 0 amide bonds. The zero-order chi connectivity index (χ0) is 11.4. The van der Waals surface area contributed by atoms with Gasteiger partial charge in [0.1, 0.15) is 0 Å². The molecule has 0 bridgehead atoms. The summed E-state index contributed by atoms with van der Waals surface area (Å²) in [5, 5.41) is 3.59. The van der Waals surface area contributed by atoms with Crippen molar-refractivity contribution >= 4 is 0 Å². The molecule has 0 radical (unpaired) electrons. The van der Waals surface area contributed by atoms with Gasteiger partial charge in [-0.25, -0.2) is 0 Å². The van der Waals surface area contributed by atoms with Crippen molar-refractivity contribution in [1.82, 2.24) is 5.32 Å². The zero-order valence-electron chi connectivity index (χ0n) is 10.7. The molecule has 15 heavy (non-hydrogen) atoms. The van der Waals surface area contributed by atoms with Crippen LogP contribution in [0.25, 0.3) is 0 Å². The topological polar surface area (TPSA) is 12.0 Å². The first-order chi connectivity index (χ1) is 7.35. The van der Waals surface area contributed by atoms with Crippen molar-refractivity contribution in [3.8, 4) is 0 Å². The first kappa shape index (κ1) is 14.7. The Morgan fingerprint density at radius 2 is 1.80 bits per heavy atom. The van der Waals surface area contributed by atoms with Crippen LogP contribution in [0.5, 0.6) is 0 Å². The Hall–Kier alpha value is -0.300. The minimum absolute atomic E-state index is 0.670. The molecule has 0 saturated heterocycles. The Morgan fingerprint density at radius 1 is 1.07 bits per heavy atom. The summed E-state index contributed by atoms with van der Waals surface area (Å²) in [6.07, 6.45) is 12.6. The van der Waals surface area contributed by atoms with E-state index in [2.05, 4.69) is 25.7 Å². The lowest BCUT2D eigenvalue weighted by molar-refractivity contribution is 0.456. The van der Waals surface area contributed by atoms with Crippen LogP contribution in [0.3, 0.4) is 0 Å². The SMILES string of the molecule is C=CCC(CCCCCCC)NCCC. The average Bonchev–Trinajstić information content (AvgIpc) is 2.25. The van der Waals surface area contributed by atoms with Gasteiger partial charge in [-0.2, -0.15) is 0 Å². The number of hydrogen-bond acceptors (Lipinski definition) is 1. The van der Waals surface area contributed by atoms with Crippen LogP contribution < -0.4 is 5.32 Å². The van der Waals surface area contributed by atoms with E-state index in [-0.39, 0.29) is 0 Å². The van der Waals surface area contributed by atoms with E-state index >= 15 is 0 Å². The first-order valence-corrected chi connectivity index (χ1v) is 6.69. The molecule has 0 aromatic heterocycles. The van der Waals surface area contributed by atoms with Crippen molar-refractivity contribution in [2.24, 2.45) is 0 Å². The van der Waals surface area contributed by atoms with Crippen LogP contribution in [0.4, 0.5) is 0 Å². The third-order valence-corrected chi connectivity index (χ3v) is 2.79. The Bertz CT molecular complexity index is 131. The largest absolute Gasteiger partial charge is 0.314 e. The quantitative estimate of drug-likeness (QED) is 0.397. The molecule has 0 aliphatic carbocycles. The average molecular weight is 211 g/mol. The predicted octanol–water partition coefficient (Wildman–Crippen LogP) is 4.29. The molecule has 1 nitrogen and oxygen atoms in total. The first-order valence-electron chi connectivity index (χ1n) is 6.69. The Labute approximate surface area is 96.3 Å². The molecule has 0 spiro atoms. The highest BCUT2D eigenvalue weighted by atomic mass is 14.9. The van der Waals surface area contributed by atoms with Crippen molar-refractivity contribution in [2.75, 3.05) is 6.54 Å². The van der Waals surface area contributed by atoms with Crippen LogP contribution >= 0.6 is 0 Å². The normalized spacial score (nSPS) is 12.7. The minimum atomic E-state index is 0.670. The molecule has 0 saturated carbocycles. The second kappa shape index (κ2) is 11.8. The maximum Gasteiger partial charge on any atom is 0.0101 e. The summed E-state index contributed by atoms with van der Waals surface area (Å²) in [5.41, 5.74) is 0. The van der Waals surface area contributed by atoms with Gasteiger partial charge in [-0.15, -0.1) is 6.58 Å². The summed E-state index contributed by atoms with van der Waals surface area (Å²) in [6, 6.07) is 0.670. The molecule has 0 aromatic carbocycles. The highest BCUT2D eigenvalue weighted by Crippen LogP contribution is 2.09. The Balaban J connectivity index is 3.42. The molecule has 0 rings (SSSR count). The highest BCUT2D eigenvalue weighted by molar-refractivity contribution is 4.77. The number of hydrogen-bond donors (Lipinski definition) is 1. The molecule has 90 valence electrons. The fraction of sp³-hybridized carbons (Fsp3) is 0.857. The molecule has 0 aliphatic heterocycles. The van der Waals surface area contributed by atoms with Crippen LogP contribution in [-0.4, -0.2) is 12.6 Å². The van der Waals surface area contributed by atoms with Crippen LogP contribution in [0.15, 0.2) is 12.7 Å². The molecule has 1 heteroatoms. The van der Waals surface area contributed by atoms with Gasteiger partial charge < -0.3 is 5.32 Å². The van der Waals surface area contributed by atoms with Crippen molar-refractivity contribution in [3.05, 3.63) is 12.7 Å². The second-order valence-corrected chi connectivity index (χ2v) is 4.38. The monoisotopic (exact) mass is 211 g/mol. The molecule has 1 atom stereocenters. The summed E-state index contributed by atoms with van der Waals surface area (Å²) in [7, 11) is 0. The maximum absolute atomic E-state index is 3.83. The number of nitrogens with one attached hydrogen (secondary N) is 1. The highest BCUT2D eigenvalue weighted by Gasteiger charge is 2.04. The van der Waals surface area contributed by atoms with Crippen molar-refractivity contribution < 1.29 is 0 Å². The van der Waals surface area contributed by atoms with Crippen LogP contribution in [-0.2, 0) is 0 Å². The smallest absolute Gasteiger partial charge is 0.0101 e. The minimum Gasteiger partial charge on any atom is -0.314 e. The fourth-order valence-electron chi connectivity index (χ4n) is 1.85. The van der Waals surface area contributed by atoms with Gasteiger partial charge in [0.05, 0.1) is 0 Å². The molecule has 1 unspecified atom stereocenters. The van der Waals surface area contributed by atoms with E-state index in [0.29, 0.717) is 6.04 Å². The molecule has 0 aromatic rings. The van der Waals surface area contributed by atoms with Gasteiger partial charge in [-0.3, -0.25) is 0 Å². The summed E-state index contributed by atoms with van der Waals surface area (Å²) in [4.78, 5) is 0. The van der Waals surface area contributed by atoms with Crippen LogP contribution in [0.1, 0.15) is 65.2 Å². The number of unbranched alkanes of at least 4 members (excludes halogenated alkanes) is 4. The summed E-state index contributed by atoms with van der Waals surface area (Å²) in [6.45, 7) is 9.46. The Kier molecular flexibility index (Phi) is 11.5. The molecule has 1 N–H and O–H groups in total. The van der Waals surface area contributed by atoms with Gasteiger partial charge in [-0.05, 0) is 25.8 Å². The lowest BCUT2D eigenvalue weighted by Gasteiger charge is -2.16. The molecule has 0 heterocycles. The molecule has 0 fully saturated rings. The van der Waals surface area contributed by atoms with Gasteiger partial charge in [-0.1, -0.05) is 52.0 Å². The van der Waals surface area contributed by atoms with Gasteiger partial charge in [0, 0.05) is 6.04 Å². The lowest BCUT2D eigenvalue weighted by Crippen LogP contribution is -2.29. The van der Waals surface area contributed by atoms with E-state index in [1.54, 1.807) is 0 Å². The van der Waals surface area contributed by atoms with E-state index in [1.165, 1.54) is 44.9 Å². The standard InChI is InChI=1S/C14H29N/c1-4-7-8-9-10-12-14(11-5-2)15-13-6-3/h5,14-15H,2,4,6-13H2,1,3H3. The van der Waals surface area contributed by atoms with E-state index < -0.39 is 0 Å². The fourth-order valence-corrected chi connectivity index (χ4v) is 1.85. The van der Waals surface area contributed by atoms with Crippen molar-refractivity contribution in [3.63, 3.8) is 0 Å². The van der Waals surface area contributed by atoms with Gasteiger partial charge >= 0.3 is 0 Å². The van der Waals surface area contributed by atoms with E-state index in [4.69, 9.17) is 0 Å². The third kappa shape index (κ3) is 9.99. The third-order valence-electron chi connectivity index (χ3n) is 2.79. The molecule has 0 aliphatic rings. The van der Waals surface area contributed by atoms with E-state index in [0.717, 1.165) is 13.0 Å². The van der Waals surface area contributed by atoms with E-state index in [1.807, 2.05) is 6.08 Å². The molecular formula is C14H29N. The predicted molar refractivity (Wildman–Crippen MR) is 70.3 cm³/mol.